The molecular weight excluding hydrogens is 813 g/mol. The maximum atomic E-state index is 9.31. The van der Waals surface area contributed by atoms with E-state index in [0.717, 1.165) is 44.7 Å². The van der Waals surface area contributed by atoms with E-state index in [9.17, 15) is 5.26 Å². The van der Waals surface area contributed by atoms with Gasteiger partial charge < -0.3 is 9.13 Å². The van der Waals surface area contributed by atoms with Crippen molar-refractivity contribution in [2.45, 2.75) is 0 Å². The largest absolute Gasteiger partial charge is 0.309 e. The zero-order valence-corrected chi connectivity index (χ0v) is 35.5. The Kier molecular flexibility index (Phi) is 8.35. The lowest BCUT2D eigenvalue weighted by molar-refractivity contribution is 1.07. The molecule has 0 radical (unpaired) electrons. The molecule has 0 unspecified atom stereocenters. The zero-order chi connectivity index (χ0) is 43.0. The van der Waals surface area contributed by atoms with Crippen molar-refractivity contribution in [1.29, 1.82) is 5.26 Å². The third kappa shape index (κ3) is 5.82. The van der Waals surface area contributed by atoms with Gasteiger partial charge in [-0.2, -0.15) is 5.26 Å². The molecule has 0 amide bonds. The van der Waals surface area contributed by atoms with Gasteiger partial charge in [-0.1, -0.05) is 152 Å². The number of thiophene rings is 1. The zero-order valence-electron chi connectivity index (χ0n) is 34.7. The van der Waals surface area contributed by atoms with Crippen LogP contribution in [0.1, 0.15) is 5.56 Å². The van der Waals surface area contributed by atoms with Gasteiger partial charge >= 0.3 is 0 Å². The fourth-order valence-corrected chi connectivity index (χ4v) is 10.9. The maximum Gasteiger partial charge on any atom is 0.164 e. The Morgan fingerprint density at radius 3 is 1.55 bits per heavy atom. The molecule has 302 valence electrons. The highest BCUT2D eigenvalue weighted by Gasteiger charge is 2.27. The molecule has 6 nitrogen and oxygen atoms in total. The molecule has 0 aliphatic heterocycles. The molecule has 0 aliphatic carbocycles. The number of fused-ring (bicyclic) bond motifs is 12. The van der Waals surface area contributed by atoms with Crippen molar-refractivity contribution in [2.24, 2.45) is 0 Å². The van der Waals surface area contributed by atoms with Crippen LogP contribution in [0.3, 0.4) is 0 Å². The molecule has 0 aliphatic rings. The van der Waals surface area contributed by atoms with Crippen LogP contribution in [0.4, 0.5) is 0 Å². The molecular formula is C58H34N6S. The standard InChI is InChI=1S/C58H34N6S/c59-35-36-26-28-37(29-27-36)38-30-32-40(33-31-38)57-60-56(39-14-3-1-4-15-39)61-58(62-57)41-16-13-19-43(34-41)64-48-24-11-8-21-45(48)52-53-50(51-46-22-9-12-25-49(46)65-55(51)54(52)64)44-20-7-10-23-47(44)63(53)42-17-5-2-6-18-42/h1-34H. The van der Waals surface area contributed by atoms with Crippen LogP contribution in [0.25, 0.3) is 120 Å². The number of hydrogen-bond donors (Lipinski definition) is 0. The van der Waals surface area contributed by atoms with Crippen molar-refractivity contribution >= 4 is 75.1 Å². The van der Waals surface area contributed by atoms with Crippen molar-refractivity contribution in [3.8, 4) is 62.7 Å². The van der Waals surface area contributed by atoms with E-state index in [0.29, 0.717) is 23.0 Å². The van der Waals surface area contributed by atoms with Gasteiger partial charge in [0, 0.05) is 65.1 Å². The first-order valence-electron chi connectivity index (χ1n) is 21.6. The Morgan fingerprint density at radius 2 is 0.877 bits per heavy atom. The van der Waals surface area contributed by atoms with Gasteiger partial charge in [0.15, 0.2) is 17.5 Å². The SMILES string of the molecule is N#Cc1ccc(-c2ccc(-c3nc(-c4ccccc4)nc(-c4cccc(-n5c6ccccc6c6c5c5sc7ccccc7c5c5c7ccccc7n(-c7ccccc7)c56)c4)n3)cc2)cc1. The van der Waals surface area contributed by atoms with Crippen LogP contribution in [-0.4, -0.2) is 24.1 Å². The number of para-hydroxylation sites is 3. The molecule has 0 saturated carbocycles. The van der Waals surface area contributed by atoms with Gasteiger partial charge in [0.25, 0.3) is 0 Å². The second-order valence-corrected chi connectivity index (χ2v) is 17.3. The van der Waals surface area contributed by atoms with Gasteiger partial charge in [0.05, 0.1) is 38.4 Å². The highest BCUT2D eigenvalue weighted by Crippen LogP contribution is 2.51. The molecule has 4 heterocycles. The molecule has 0 spiro atoms. The Labute approximate surface area is 377 Å². The molecule has 9 aromatic carbocycles. The lowest BCUT2D eigenvalue weighted by Crippen LogP contribution is -2.01. The first-order chi connectivity index (χ1) is 32.2. The van der Waals surface area contributed by atoms with Crippen LogP contribution >= 0.6 is 11.3 Å². The summed E-state index contributed by atoms with van der Waals surface area (Å²) in [5.41, 5.74) is 12.2. The molecule has 4 aromatic heterocycles. The van der Waals surface area contributed by atoms with E-state index in [1.54, 1.807) is 0 Å². The van der Waals surface area contributed by atoms with Gasteiger partial charge in [-0.15, -0.1) is 11.3 Å². The average molecular weight is 847 g/mol. The molecule has 0 bridgehead atoms. The second-order valence-electron chi connectivity index (χ2n) is 16.3. The van der Waals surface area contributed by atoms with Gasteiger partial charge in [-0.25, -0.2) is 15.0 Å². The van der Waals surface area contributed by atoms with E-state index in [2.05, 4.69) is 167 Å². The topological polar surface area (TPSA) is 72.3 Å². The first kappa shape index (κ1) is 36.9. The van der Waals surface area contributed by atoms with Crippen LogP contribution in [0.2, 0.25) is 0 Å². The van der Waals surface area contributed by atoms with Gasteiger partial charge in [-0.05, 0) is 65.7 Å². The summed E-state index contributed by atoms with van der Waals surface area (Å²) in [6.07, 6.45) is 0. The molecule has 7 heteroatoms. The number of hydrogen-bond acceptors (Lipinski definition) is 5. The Morgan fingerprint density at radius 1 is 0.385 bits per heavy atom. The summed E-state index contributed by atoms with van der Waals surface area (Å²) in [4.78, 5) is 15.4. The summed E-state index contributed by atoms with van der Waals surface area (Å²) < 4.78 is 7.44. The minimum absolute atomic E-state index is 0.589. The monoisotopic (exact) mass is 846 g/mol. The summed E-state index contributed by atoms with van der Waals surface area (Å²) in [6, 6.07) is 74.2. The summed E-state index contributed by atoms with van der Waals surface area (Å²) >= 11 is 1.87. The summed E-state index contributed by atoms with van der Waals surface area (Å²) in [5, 5.41) is 16.8. The predicted octanol–water partition coefficient (Wildman–Crippen LogP) is 15.0. The van der Waals surface area contributed by atoms with Crippen molar-refractivity contribution in [3.63, 3.8) is 0 Å². The van der Waals surface area contributed by atoms with E-state index in [1.165, 1.54) is 58.3 Å². The van der Waals surface area contributed by atoms with Gasteiger partial charge in [-0.3, -0.25) is 0 Å². The predicted molar refractivity (Wildman–Crippen MR) is 268 cm³/mol. The highest BCUT2D eigenvalue weighted by molar-refractivity contribution is 7.27. The number of rotatable bonds is 6. The smallest absolute Gasteiger partial charge is 0.164 e. The van der Waals surface area contributed by atoms with E-state index < -0.39 is 0 Å². The molecule has 65 heavy (non-hydrogen) atoms. The summed E-state index contributed by atoms with van der Waals surface area (Å²) in [7, 11) is 0. The van der Waals surface area contributed by atoms with E-state index in [-0.39, 0.29) is 0 Å². The highest BCUT2D eigenvalue weighted by atomic mass is 32.1. The van der Waals surface area contributed by atoms with Gasteiger partial charge in [0.2, 0.25) is 0 Å². The summed E-state index contributed by atoms with van der Waals surface area (Å²) in [6.45, 7) is 0. The van der Waals surface area contributed by atoms with Crippen molar-refractivity contribution in [1.82, 2.24) is 24.1 Å². The number of benzene rings is 9. The van der Waals surface area contributed by atoms with Crippen LogP contribution in [0.5, 0.6) is 0 Å². The number of aromatic nitrogens is 5. The fourth-order valence-electron chi connectivity index (χ4n) is 9.68. The normalized spacial score (nSPS) is 11.7. The minimum Gasteiger partial charge on any atom is -0.309 e. The second kappa shape index (κ2) is 14.7. The van der Waals surface area contributed by atoms with Crippen molar-refractivity contribution in [2.75, 3.05) is 0 Å². The molecule has 13 rings (SSSR count). The Hall–Kier alpha value is -8.70. The number of nitrogens with zero attached hydrogens (tertiary/aromatic N) is 6. The van der Waals surface area contributed by atoms with Crippen molar-refractivity contribution < 1.29 is 0 Å². The third-order valence-corrected chi connectivity index (χ3v) is 13.8. The number of nitriles is 1. The molecule has 0 fully saturated rings. The van der Waals surface area contributed by atoms with Crippen LogP contribution < -0.4 is 0 Å². The third-order valence-electron chi connectivity index (χ3n) is 12.6. The van der Waals surface area contributed by atoms with Crippen LogP contribution in [-0.2, 0) is 0 Å². The molecule has 13 aromatic rings. The summed E-state index contributed by atoms with van der Waals surface area (Å²) in [5.74, 6) is 1.78. The van der Waals surface area contributed by atoms with E-state index in [4.69, 9.17) is 15.0 Å². The quantitative estimate of drug-likeness (QED) is 0.167. The average Bonchev–Trinajstić information content (AvgIpc) is 4.05. The molecule has 0 atom stereocenters. The van der Waals surface area contributed by atoms with Crippen LogP contribution in [0.15, 0.2) is 206 Å². The minimum atomic E-state index is 0.589. The van der Waals surface area contributed by atoms with E-state index in [1.807, 2.05) is 65.9 Å². The Bertz CT molecular complexity index is 4050. The lowest BCUT2D eigenvalue weighted by atomic mass is 10.0. The fraction of sp³-hybridized carbons (Fsp3) is 0. The first-order valence-corrected chi connectivity index (χ1v) is 22.4. The molecule has 0 N–H and O–H groups in total. The lowest BCUT2D eigenvalue weighted by Gasteiger charge is -2.13. The maximum absolute atomic E-state index is 9.31. The molecule has 0 saturated heterocycles. The van der Waals surface area contributed by atoms with Crippen LogP contribution in [0, 0.1) is 11.3 Å². The van der Waals surface area contributed by atoms with Crippen molar-refractivity contribution in [3.05, 3.63) is 212 Å². The van der Waals surface area contributed by atoms with Gasteiger partial charge in [0.1, 0.15) is 0 Å². The van der Waals surface area contributed by atoms with E-state index >= 15 is 0 Å². The Balaban J connectivity index is 1.07.